The zero-order valence-corrected chi connectivity index (χ0v) is 11.3. The van der Waals surface area contributed by atoms with Gasteiger partial charge in [0.1, 0.15) is 17.5 Å². The lowest BCUT2D eigenvalue weighted by Gasteiger charge is -2.19. The Kier molecular flexibility index (Phi) is 4.87. The second kappa shape index (κ2) is 6.19. The molecule has 102 valence electrons. The molecule has 19 heavy (non-hydrogen) atoms. The Morgan fingerprint density at radius 3 is 2.74 bits per heavy atom. The lowest BCUT2D eigenvalue weighted by Crippen LogP contribution is -2.25. The van der Waals surface area contributed by atoms with E-state index in [-0.39, 0.29) is 18.0 Å². The fourth-order valence-electron chi connectivity index (χ4n) is 1.45. The van der Waals surface area contributed by atoms with Gasteiger partial charge in [-0.05, 0) is 39.0 Å². The van der Waals surface area contributed by atoms with Crippen molar-refractivity contribution in [1.82, 2.24) is 0 Å². The summed E-state index contributed by atoms with van der Waals surface area (Å²) in [6.45, 7) is 5.72. The summed E-state index contributed by atoms with van der Waals surface area (Å²) in [7, 11) is 0. The summed E-state index contributed by atoms with van der Waals surface area (Å²) in [6, 6.07) is 5.78. The predicted octanol–water partition coefficient (Wildman–Crippen LogP) is 2.84. The van der Waals surface area contributed by atoms with Crippen molar-refractivity contribution in [2.75, 3.05) is 11.9 Å². The van der Waals surface area contributed by atoms with Crippen LogP contribution in [0.3, 0.4) is 0 Å². The maximum atomic E-state index is 12.9. The molecule has 5 heteroatoms. The molecule has 0 spiro atoms. The maximum absolute atomic E-state index is 12.9. The molecule has 1 aromatic rings. The number of carbonyl (C=O) groups excluding carboxylic acids is 1. The third-order valence-corrected chi connectivity index (χ3v) is 2.17. The number of anilines is 1. The summed E-state index contributed by atoms with van der Waals surface area (Å²) in [4.78, 5) is 11.5. The molecule has 1 rings (SSSR count). The van der Waals surface area contributed by atoms with Gasteiger partial charge < -0.3 is 10.1 Å². The number of esters is 1. The molecule has 0 saturated carbocycles. The van der Waals surface area contributed by atoms with E-state index in [4.69, 9.17) is 10.00 Å². The van der Waals surface area contributed by atoms with Crippen LogP contribution >= 0.6 is 0 Å². The van der Waals surface area contributed by atoms with Gasteiger partial charge in [-0.15, -0.1) is 0 Å². The molecular weight excluding hydrogens is 247 g/mol. The van der Waals surface area contributed by atoms with Gasteiger partial charge in [0.05, 0.1) is 17.7 Å². The zero-order valence-electron chi connectivity index (χ0n) is 11.3. The second-order valence-corrected chi connectivity index (χ2v) is 5.06. The van der Waals surface area contributed by atoms with Crippen LogP contribution in [0, 0.1) is 17.1 Å². The Balaban J connectivity index is 2.50. The maximum Gasteiger partial charge on any atom is 0.308 e. The monoisotopic (exact) mass is 264 g/mol. The van der Waals surface area contributed by atoms with Crippen molar-refractivity contribution in [3.63, 3.8) is 0 Å². The highest BCUT2D eigenvalue weighted by Gasteiger charge is 2.15. The molecule has 0 saturated heterocycles. The summed E-state index contributed by atoms with van der Waals surface area (Å²) in [6.07, 6.45) is 0.180. The molecule has 0 unspecified atom stereocenters. The number of halogens is 1. The van der Waals surface area contributed by atoms with Gasteiger partial charge >= 0.3 is 5.97 Å². The van der Waals surface area contributed by atoms with Gasteiger partial charge in [-0.1, -0.05) is 0 Å². The van der Waals surface area contributed by atoms with E-state index >= 15 is 0 Å². The molecule has 1 N–H and O–H groups in total. The lowest BCUT2D eigenvalue weighted by molar-refractivity contribution is -0.154. The second-order valence-electron chi connectivity index (χ2n) is 5.06. The minimum Gasteiger partial charge on any atom is -0.460 e. The molecule has 0 aliphatic carbocycles. The van der Waals surface area contributed by atoms with Crippen molar-refractivity contribution in [2.24, 2.45) is 0 Å². The van der Waals surface area contributed by atoms with Crippen molar-refractivity contribution < 1.29 is 13.9 Å². The minimum absolute atomic E-state index is 0.180. The predicted molar refractivity (Wildman–Crippen MR) is 70.1 cm³/mol. The van der Waals surface area contributed by atoms with Gasteiger partial charge in [-0.25, -0.2) is 4.39 Å². The van der Waals surface area contributed by atoms with Crippen LogP contribution in [0.25, 0.3) is 0 Å². The third-order valence-electron chi connectivity index (χ3n) is 2.17. The molecule has 0 fully saturated rings. The van der Waals surface area contributed by atoms with Crippen LogP contribution in [0.2, 0.25) is 0 Å². The average molecular weight is 264 g/mol. The van der Waals surface area contributed by atoms with E-state index in [0.29, 0.717) is 12.2 Å². The number of nitriles is 1. The van der Waals surface area contributed by atoms with E-state index in [0.717, 1.165) is 6.07 Å². The van der Waals surface area contributed by atoms with Gasteiger partial charge in [-0.3, -0.25) is 4.79 Å². The van der Waals surface area contributed by atoms with Gasteiger partial charge in [-0.2, -0.15) is 5.26 Å². The van der Waals surface area contributed by atoms with Crippen LogP contribution in [-0.4, -0.2) is 18.1 Å². The number of ether oxygens (including phenoxy) is 1. The summed E-state index contributed by atoms with van der Waals surface area (Å²) < 4.78 is 18.1. The van der Waals surface area contributed by atoms with Crippen molar-refractivity contribution in [3.05, 3.63) is 29.6 Å². The summed E-state index contributed by atoms with van der Waals surface area (Å²) in [5.74, 6) is -0.783. The molecule has 0 amide bonds. The molecule has 4 nitrogen and oxygen atoms in total. The van der Waals surface area contributed by atoms with E-state index in [2.05, 4.69) is 5.32 Å². The fraction of sp³-hybridized carbons (Fsp3) is 0.429. The van der Waals surface area contributed by atoms with E-state index in [9.17, 15) is 9.18 Å². The smallest absolute Gasteiger partial charge is 0.308 e. The van der Waals surface area contributed by atoms with Gasteiger partial charge in [0.25, 0.3) is 0 Å². The normalized spacial score (nSPS) is 10.7. The molecule has 0 radical (unpaired) electrons. The van der Waals surface area contributed by atoms with Crippen LogP contribution in [0.1, 0.15) is 32.8 Å². The molecule has 1 aromatic carbocycles. The molecule has 0 aliphatic rings. The van der Waals surface area contributed by atoms with Gasteiger partial charge in [0.2, 0.25) is 0 Å². The number of benzene rings is 1. The van der Waals surface area contributed by atoms with Crippen LogP contribution in [0.15, 0.2) is 18.2 Å². The highest BCUT2D eigenvalue weighted by Crippen LogP contribution is 2.16. The van der Waals surface area contributed by atoms with Crippen LogP contribution < -0.4 is 5.32 Å². The highest BCUT2D eigenvalue weighted by molar-refractivity contribution is 5.70. The number of nitrogens with zero attached hydrogens (tertiary/aromatic N) is 1. The number of hydrogen-bond donors (Lipinski definition) is 1. The Bertz CT molecular complexity index is 501. The standard InChI is InChI=1S/C14H17FN2O2/c1-14(2,3)19-13(18)6-7-17-12-5-4-11(15)8-10(12)9-16/h4-5,8,17H,6-7H2,1-3H3. The number of nitrogens with one attached hydrogen (secondary N) is 1. The van der Waals surface area contributed by atoms with Crippen molar-refractivity contribution in [1.29, 1.82) is 5.26 Å². The van der Waals surface area contributed by atoms with E-state index < -0.39 is 11.4 Å². The van der Waals surface area contributed by atoms with Gasteiger partial charge in [0.15, 0.2) is 0 Å². The molecule has 0 aliphatic heterocycles. The number of carbonyl (C=O) groups is 1. The highest BCUT2D eigenvalue weighted by atomic mass is 19.1. The molecule has 0 bridgehead atoms. The van der Waals surface area contributed by atoms with Crippen LogP contribution in [0.5, 0.6) is 0 Å². The minimum atomic E-state index is -0.509. The zero-order chi connectivity index (χ0) is 14.5. The van der Waals surface area contributed by atoms with E-state index in [1.807, 2.05) is 6.07 Å². The van der Waals surface area contributed by atoms with Crippen LogP contribution in [-0.2, 0) is 9.53 Å². The summed E-state index contributed by atoms with van der Waals surface area (Å²) in [5, 5.41) is 11.8. The van der Waals surface area contributed by atoms with E-state index in [1.165, 1.54) is 12.1 Å². The quantitative estimate of drug-likeness (QED) is 0.849. The fourth-order valence-corrected chi connectivity index (χ4v) is 1.45. The van der Waals surface area contributed by atoms with Crippen LogP contribution in [0.4, 0.5) is 10.1 Å². The van der Waals surface area contributed by atoms with Crippen molar-refractivity contribution in [3.8, 4) is 6.07 Å². The summed E-state index contributed by atoms with van der Waals surface area (Å²) in [5.41, 5.74) is 0.210. The van der Waals surface area contributed by atoms with E-state index in [1.54, 1.807) is 20.8 Å². The molecule has 0 atom stereocenters. The summed E-state index contributed by atoms with van der Waals surface area (Å²) >= 11 is 0. The molecule has 0 aromatic heterocycles. The van der Waals surface area contributed by atoms with Crippen molar-refractivity contribution in [2.45, 2.75) is 32.8 Å². The molecular formula is C14H17FN2O2. The van der Waals surface area contributed by atoms with Crippen molar-refractivity contribution >= 4 is 11.7 Å². The van der Waals surface area contributed by atoms with Gasteiger partial charge in [0, 0.05) is 6.54 Å². The first kappa shape index (κ1) is 15.0. The Morgan fingerprint density at radius 1 is 1.47 bits per heavy atom. The first-order valence-electron chi connectivity index (χ1n) is 5.97. The number of hydrogen-bond acceptors (Lipinski definition) is 4. The largest absolute Gasteiger partial charge is 0.460 e. The first-order valence-corrected chi connectivity index (χ1v) is 5.97. The number of rotatable bonds is 4. The SMILES string of the molecule is CC(C)(C)OC(=O)CCNc1ccc(F)cc1C#N. The third kappa shape index (κ3) is 5.38. The molecule has 0 heterocycles. The Morgan fingerprint density at radius 2 is 2.16 bits per heavy atom. The lowest BCUT2D eigenvalue weighted by atomic mass is 10.2. The topological polar surface area (TPSA) is 62.1 Å². The average Bonchev–Trinajstić information content (AvgIpc) is 2.28. The Hall–Kier alpha value is -2.09. The Labute approximate surface area is 112 Å². The first-order chi connectivity index (χ1) is 8.81.